The molecule has 0 bridgehead atoms. The standard InChI is InChI=1S/C21H22N6O2S/c1-13-4-5-16(12-19(13)30(22,28)29)25-21-23-9-8-20(26-21)27(3)17-6-7-18-15(11-17)10-14(2)24-18/h4-12,24H,1-3H3,(H2,22,28,29)(H,23,25,26). The number of nitrogens with two attached hydrogens (primary N) is 1. The molecule has 2 heterocycles. The van der Waals surface area contributed by atoms with Crippen molar-refractivity contribution in [3.63, 3.8) is 0 Å². The second-order valence-corrected chi connectivity index (χ2v) is 8.70. The Balaban J connectivity index is 1.62. The van der Waals surface area contributed by atoms with E-state index in [2.05, 4.69) is 32.4 Å². The summed E-state index contributed by atoms with van der Waals surface area (Å²) in [5, 5.41) is 9.47. The van der Waals surface area contributed by atoms with Crippen LogP contribution in [0.5, 0.6) is 0 Å². The number of fused-ring (bicyclic) bond motifs is 1. The first-order valence-corrected chi connectivity index (χ1v) is 10.8. The van der Waals surface area contributed by atoms with Gasteiger partial charge in [-0.1, -0.05) is 6.07 Å². The summed E-state index contributed by atoms with van der Waals surface area (Å²) >= 11 is 0. The first kappa shape index (κ1) is 19.9. The average Bonchev–Trinajstić information content (AvgIpc) is 3.07. The number of aryl methyl sites for hydroxylation is 2. The zero-order valence-corrected chi connectivity index (χ0v) is 17.7. The van der Waals surface area contributed by atoms with E-state index in [1.807, 2.05) is 37.1 Å². The molecule has 4 aromatic rings. The fourth-order valence-corrected chi connectivity index (χ4v) is 4.12. The molecule has 0 aliphatic rings. The minimum atomic E-state index is -3.81. The van der Waals surface area contributed by atoms with Crippen LogP contribution in [0.1, 0.15) is 11.3 Å². The number of nitrogens with zero attached hydrogens (tertiary/aromatic N) is 3. The number of aromatic nitrogens is 3. The molecule has 4 N–H and O–H groups in total. The summed E-state index contributed by atoms with van der Waals surface area (Å²) in [6, 6.07) is 15.0. The Bertz CT molecular complexity index is 1350. The van der Waals surface area contributed by atoms with Crippen LogP contribution in [0, 0.1) is 13.8 Å². The molecule has 0 saturated carbocycles. The summed E-state index contributed by atoms with van der Waals surface area (Å²) in [6.07, 6.45) is 1.65. The van der Waals surface area contributed by atoms with Crippen LogP contribution < -0.4 is 15.4 Å². The van der Waals surface area contributed by atoms with Crippen LogP contribution in [-0.4, -0.2) is 30.4 Å². The zero-order chi connectivity index (χ0) is 21.5. The highest BCUT2D eigenvalue weighted by Gasteiger charge is 2.13. The molecule has 0 aliphatic carbocycles. The lowest BCUT2D eigenvalue weighted by molar-refractivity contribution is 0.597. The lowest BCUT2D eigenvalue weighted by atomic mass is 10.2. The van der Waals surface area contributed by atoms with Crippen molar-refractivity contribution in [3.05, 3.63) is 66.0 Å². The topological polar surface area (TPSA) is 117 Å². The number of benzene rings is 2. The van der Waals surface area contributed by atoms with Crippen LogP contribution in [0.25, 0.3) is 10.9 Å². The van der Waals surface area contributed by atoms with E-state index in [4.69, 9.17) is 5.14 Å². The summed E-state index contributed by atoms with van der Waals surface area (Å²) < 4.78 is 23.5. The molecule has 0 radical (unpaired) electrons. The Morgan fingerprint density at radius 3 is 2.63 bits per heavy atom. The fourth-order valence-electron chi connectivity index (χ4n) is 3.32. The Morgan fingerprint density at radius 2 is 1.87 bits per heavy atom. The highest BCUT2D eigenvalue weighted by atomic mass is 32.2. The monoisotopic (exact) mass is 422 g/mol. The van der Waals surface area contributed by atoms with Gasteiger partial charge < -0.3 is 15.2 Å². The lowest BCUT2D eigenvalue weighted by Gasteiger charge is -2.19. The molecule has 0 saturated heterocycles. The van der Waals surface area contributed by atoms with Crippen LogP contribution in [0.2, 0.25) is 0 Å². The minimum Gasteiger partial charge on any atom is -0.359 e. The first-order valence-electron chi connectivity index (χ1n) is 9.27. The van der Waals surface area contributed by atoms with Gasteiger partial charge in [0.1, 0.15) is 5.82 Å². The molecule has 154 valence electrons. The Morgan fingerprint density at radius 1 is 1.07 bits per heavy atom. The summed E-state index contributed by atoms with van der Waals surface area (Å²) in [5.41, 5.74) is 4.29. The third-order valence-corrected chi connectivity index (χ3v) is 5.91. The fraction of sp³-hybridized carbons (Fsp3) is 0.143. The summed E-state index contributed by atoms with van der Waals surface area (Å²) in [6.45, 7) is 3.72. The van der Waals surface area contributed by atoms with Crippen molar-refractivity contribution in [3.8, 4) is 0 Å². The van der Waals surface area contributed by atoms with Crippen LogP contribution in [0.3, 0.4) is 0 Å². The van der Waals surface area contributed by atoms with Gasteiger partial charge in [0.2, 0.25) is 16.0 Å². The number of hydrogen-bond donors (Lipinski definition) is 3. The predicted molar refractivity (Wildman–Crippen MR) is 119 cm³/mol. The second-order valence-electron chi connectivity index (χ2n) is 7.17. The van der Waals surface area contributed by atoms with Gasteiger partial charge in [-0.2, -0.15) is 4.98 Å². The number of aromatic amines is 1. The number of anilines is 4. The van der Waals surface area contributed by atoms with Crippen molar-refractivity contribution < 1.29 is 8.42 Å². The van der Waals surface area contributed by atoms with E-state index >= 15 is 0 Å². The molecule has 0 spiro atoms. The maximum atomic E-state index is 11.8. The predicted octanol–water partition coefficient (Wildman–Crippen LogP) is 3.73. The number of primary sulfonamides is 1. The van der Waals surface area contributed by atoms with E-state index < -0.39 is 10.0 Å². The molecule has 30 heavy (non-hydrogen) atoms. The number of sulfonamides is 1. The molecule has 8 nitrogen and oxygen atoms in total. The Hall–Kier alpha value is -3.43. The van der Waals surface area contributed by atoms with Gasteiger partial charge in [-0.25, -0.2) is 18.5 Å². The Labute approximate surface area is 174 Å². The maximum Gasteiger partial charge on any atom is 0.238 e. The quantitative estimate of drug-likeness (QED) is 0.451. The maximum absolute atomic E-state index is 11.8. The van der Waals surface area contributed by atoms with E-state index in [1.54, 1.807) is 25.3 Å². The van der Waals surface area contributed by atoms with Crippen LogP contribution in [0.15, 0.2) is 59.6 Å². The number of rotatable bonds is 5. The number of nitrogens with one attached hydrogen (secondary N) is 2. The van der Waals surface area contributed by atoms with Gasteiger partial charge in [0, 0.05) is 41.2 Å². The molecule has 2 aromatic heterocycles. The van der Waals surface area contributed by atoms with Gasteiger partial charge in [0.15, 0.2) is 0 Å². The van der Waals surface area contributed by atoms with Crippen molar-refractivity contribution >= 4 is 44.1 Å². The molecule has 2 aromatic carbocycles. The molecule has 0 aliphatic heterocycles. The molecule has 0 amide bonds. The van der Waals surface area contributed by atoms with Crippen molar-refractivity contribution in [2.75, 3.05) is 17.3 Å². The van der Waals surface area contributed by atoms with Crippen molar-refractivity contribution in [1.82, 2.24) is 15.0 Å². The lowest BCUT2D eigenvalue weighted by Crippen LogP contribution is -2.14. The van der Waals surface area contributed by atoms with Gasteiger partial charge in [-0.3, -0.25) is 0 Å². The SMILES string of the molecule is Cc1cc2cc(N(C)c3ccnc(Nc4ccc(C)c(S(N)(=O)=O)c4)n3)ccc2[nH]1. The highest BCUT2D eigenvalue weighted by Crippen LogP contribution is 2.27. The summed E-state index contributed by atoms with van der Waals surface area (Å²) in [4.78, 5) is 14.1. The molecular formula is C21H22N6O2S. The molecule has 9 heteroatoms. The molecule has 0 fully saturated rings. The van der Waals surface area contributed by atoms with E-state index in [1.165, 1.54) is 6.07 Å². The number of hydrogen-bond acceptors (Lipinski definition) is 6. The normalized spacial score (nSPS) is 11.6. The van der Waals surface area contributed by atoms with Crippen molar-refractivity contribution in [2.45, 2.75) is 18.7 Å². The minimum absolute atomic E-state index is 0.0656. The average molecular weight is 423 g/mol. The van der Waals surface area contributed by atoms with Gasteiger partial charge in [-0.15, -0.1) is 0 Å². The van der Waals surface area contributed by atoms with E-state index in [-0.39, 0.29) is 4.90 Å². The van der Waals surface area contributed by atoms with Crippen LogP contribution in [-0.2, 0) is 10.0 Å². The van der Waals surface area contributed by atoms with Crippen LogP contribution in [0.4, 0.5) is 23.1 Å². The van der Waals surface area contributed by atoms with E-state index in [9.17, 15) is 8.42 Å². The smallest absolute Gasteiger partial charge is 0.238 e. The Kier molecular flexibility index (Phi) is 4.92. The van der Waals surface area contributed by atoms with Crippen molar-refractivity contribution in [2.24, 2.45) is 5.14 Å². The van der Waals surface area contributed by atoms with Gasteiger partial charge >= 0.3 is 0 Å². The first-order chi connectivity index (χ1) is 14.2. The third-order valence-electron chi connectivity index (χ3n) is 4.86. The van der Waals surface area contributed by atoms with Crippen molar-refractivity contribution in [1.29, 1.82) is 0 Å². The number of H-pyrrole nitrogens is 1. The van der Waals surface area contributed by atoms with Gasteiger partial charge in [0.05, 0.1) is 4.90 Å². The second kappa shape index (κ2) is 7.43. The van der Waals surface area contributed by atoms with Crippen LogP contribution >= 0.6 is 0 Å². The van der Waals surface area contributed by atoms with E-state index in [0.717, 1.165) is 22.3 Å². The molecular weight excluding hydrogens is 400 g/mol. The molecule has 0 atom stereocenters. The zero-order valence-electron chi connectivity index (χ0n) is 16.8. The van der Waals surface area contributed by atoms with Gasteiger partial charge in [0.25, 0.3) is 0 Å². The van der Waals surface area contributed by atoms with E-state index in [0.29, 0.717) is 23.0 Å². The van der Waals surface area contributed by atoms with Gasteiger partial charge in [-0.05, 0) is 61.9 Å². The molecule has 0 unspecified atom stereocenters. The largest absolute Gasteiger partial charge is 0.359 e. The summed E-state index contributed by atoms with van der Waals surface area (Å²) in [5.74, 6) is 1.04. The summed E-state index contributed by atoms with van der Waals surface area (Å²) in [7, 11) is -1.89. The third kappa shape index (κ3) is 3.98. The molecule has 4 rings (SSSR count). The highest BCUT2D eigenvalue weighted by molar-refractivity contribution is 7.89.